The van der Waals surface area contributed by atoms with Crippen LogP contribution in [0.5, 0.6) is 0 Å². The monoisotopic (exact) mass is 222 g/mol. The van der Waals surface area contributed by atoms with Crippen molar-refractivity contribution in [3.8, 4) is 0 Å². The average molecular weight is 222 g/mol. The number of allylic oxidation sites excluding steroid dienone is 2. The molecule has 2 aliphatic rings. The van der Waals surface area contributed by atoms with Crippen molar-refractivity contribution in [2.75, 3.05) is 0 Å². The quantitative estimate of drug-likeness (QED) is 0.459. The molecule has 16 heavy (non-hydrogen) atoms. The lowest BCUT2D eigenvalue weighted by molar-refractivity contribution is 0.277. The topological polar surface area (TPSA) is 0 Å². The van der Waals surface area contributed by atoms with Crippen molar-refractivity contribution in [1.82, 2.24) is 0 Å². The fourth-order valence-corrected chi connectivity index (χ4v) is 2.71. The largest absolute Gasteiger partial charge is 0.0744 e. The molecule has 0 aromatic carbocycles. The van der Waals surface area contributed by atoms with Crippen LogP contribution >= 0.6 is 0 Å². The summed E-state index contributed by atoms with van der Waals surface area (Å²) in [5.74, 6) is 2.01. The lowest BCUT2D eigenvalue weighted by Crippen LogP contribution is -2.12. The highest BCUT2D eigenvalue weighted by Crippen LogP contribution is 2.28. The molecule has 0 saturated heterocycles. The molecule has 0 aliphatic heterocycles. The predicted molar refractivity (Wildman–Crippen MR) is 73.6 cm³/mol. The minimum atomic E-state index is 1.00. The molecule has 1 fully saturated rings. The van der Waals surface area contributed by atoms with Crippen LogP contribution in [0.25, 0.3) is 0 Å². The van der Waals surface area contributed by atoms with Crippen LogP contribution in [0.3, 0.4) is 0 Å². The molecular weight excluding hydrogens is 192 g/mol. The van der Waals surface area contributed by atoms with Crippen LogP contribution in [-0.2, 0) is 0 Å². The van der Waals surface area contributed by atoms with Crippen LogP contribution in [0, 0.1) is 11.8 Å². The zero-order valence-corrected chi connectivity index (χ0v) is 11.8. The Morgan fingerprint density at radius 2 is 1.06 bits per heavy atom. The van der Waals surface area contributed by atoms with Crippen LogP contribution in [0.4, 0.5) is 0 Å². The van der Waals surface area contributed by atoms with Crippen molar-refractivity contribution >= 4 is 0 Å². The lowest BCUT2D eigenvalue weighted by Gasteiger charge is -2.24. The Hall–Kier alpha value is -0.260. The smallest absolute Gasteiger partial charge is 0.0320 e. The summed E-state index contributed by atoms with van der Waals surface area (Å²) in [5.41, 5.74) is 3.27. The molecule has 2 unspecified atom stereocenters. The Balaban J connectivity index is 0.000000160. The van der Waals surface area contributed by atoms with E-state index in [0.29, 0.717) is 0 Å². The molecule has 2 atom stereocenters. The first-order chi connectivity index (χ1) is 7.61. The highest BCUT2D eigenvalue weighted by molar-refractivity contribution is 5.11. The van der Waals surface area contributed by atoms with Crippen LogP contribution in [0.1, 0.15) is 79.1 Å². The first-order valence-corrected chi connectivity index (χ1v) is 7.26. The summed E-state index contributed by atoms with van der Waals surface area (Å²) in [5, 5.41) is 0. The van der Waals surface area contributed by atoms with Crippen LogP contribution in [-0.4, -0.2) is 0 Å². The number of hydrogen-bond donors (Lipinski definition) is 0. The van der Waals surface area contributed by atoms with E-state index in [2.05, 4.69) is 27.7 Å². The molecule has 94 valence electrons. The second-order valence-corrected chi connectivity index (χ2v) is 6.01. The van der Waals surface area contributed by atoms with Crippen molar-refractivity contribution in [3.05, 3.63) is 11.1 Å². The van der Waals surface area contributed by atoms with Crippen LogP contribution in [0.15, 0.2) is 11.1 Å². The lowest BCUT2D eigenvalue weighted by atomic mass is 9.82. The fraction of sp³-hybridized carbons (Fsp3) is 0.875. The molecular formula is C16H30. The third kappa shape index (κ3) is 4.72. The van der Waals surface area contributed by atoms with Gasteiger partial charge in [-0.15, -0.1) is 0 Å². The molecule has 1 saturated carbocycles. The summed E-state index contributed by atoms with van der Waals surface area (Å²) in [6.07, 6.45) is 11.4. The zero-order valence-electron chi connectivity index (χ0n) is 11.8. The highest BCUT2D eigenvalue weighted by atomic mass is 14.2. The normalized spacial score (nSPS) is 30.8. The minimum absolute atomic E-state index is 1.00. The second kappa shape index (κ2) is 7.14. The molecule has 0 spiro atoms. The van der Waals surface area contributed by atoms with E-state index in [1.807, 2.05) is 0 Å². The Morgan fingerprint density at radius 1 is 0.688 bits per heavy atom. The van der Waals surface area contributed by atoms with Gasteiger partial charge in [-0.1, -0.05) is 50.7 Å². The van der Waals surface area contributed by atoms with Gasteiger partial charge in [-0.3, -0.25) is 0 Å². The Bertz CT molecular complexity index is 200. The van der Waals surface area contributed by atoms with Gasteiger partial charge < -0.3 is 0 Å². The summed E-state index contributed by atoms with van der Waals surface area (Å²) in [6, 6.07) is 0. The van der Waals surface area contributed by atoms with Gasteiger partial charge in [0.1, 0.15) is 0 Å². The molecule has 0 N–H and O–H groups in total. The van der Waals surface area contributed by atoms with Gasteiger partial charge >= 0.3 is 0 Å². The van der Waals surface area contributed by atoms with Crippen molar-refractivity contribution in [2.24, 2.45) is 11.8 Å². The van der Waals surface area contributed by atoms with Crippen LogP contribution < -0.4 is 0 Å². The first kappa shape index (κ1) is 13.8. The predicted octanol–water partition coefficient (Wildman–Crippen LogP) is 5.73. The van der Waals surface area contributed by atoms with Gasteiger partial charge in [0.05, 0.1) is 0 Å². The minimum Gasteiger partial charge on any atom is -0.0744 e. The van der Waals surface area contributed by atoms with Crippen molar-refractivity contribution in [2.45, 2.75) is 79.1 Å². The van der Waals surface area contributed by atoms with Crippen molar-refractivity contribution < 1.29 is 0 Å². The maximum atomic E-state index is 2.38. The van der Waals surface area contributed by atoms with Gasteiger partial charge in [0.25, 0.3) is 0 Å². The second-order valence-electron chi connectivity index (χ2n) is 6.01. The highest BCUT2D eigenvalue weighted by Gasteiger charge is 2.15. The number of hydrogen-bond acceptors (Lipinski definition) is 0. The van der Waals surface area contributed by atoms with E-state index in [1.54, 1.807) is 11.1 Å². The van der Waals surface area contributed by atoms with E-state index < -0.39 is 0 Å². The van der Waals surface area contributed by atoms with E-state index in [1.165, 1.54) is 51.4 Å². The average Bonchev–Trinajstić information content (AvgIpc) is 2.28. The molecule has 0 radical (unpaired) electrons. The molecule has 0 nitrogen and oxygen atoms in total. The first-order valence-electron chi connectivity index (χ1n) is 7.26. The van der Waals surface area contributed by atoms with Gasteiger partial charge in [-0.2, -0.15) is 0 Å². The summed E-state index contributed by atoms with van der Waals surface area (Å²) in [6.45, 7) is 9.27. The van der Waals surface area contributed by atoms with Crippen LogP contribution in [0.2, 0.25) is 0 Å². The zero-order chi connectivity index (χ0) is 12.0. The summed E-state index contributed by atoms with van der Waals surface area (Å²) in [4.78, 5) is 0. The van der Waals surface area contributed by atoms with Crippen molar-refractivity contribution in [3.63, 3.8) is 0 Å². The summed E-state index contributed by atoms with van der Waals surface area (Å²) >= 11 is 0. The molecule has 2 rings (SSSR count). The third-order valence-corrected chi connectivity index (χ3v) is 4.62. The van der Waals surface area contributed by atoms with E-state index in [0.717, 1.165) is 11.8 Å². The maximum Gasteiger partial charge on any atom is -0.0320 e. The maximum absolute atomic E-state index is 2.38. The van der Waals surface area contributed by atoms with E-state index in [-0.39, 0.29) is 0 Å². The van der Waals surface area contributed by atoms with E-state index >= 15 is 0 Å². The van der Waals surface area contributed by atoms with Gasteiger partial charge in [0.15, 0.2) is 0 Å². The standard InChI is InChI=1S/C8H16.C8H14/c2*1-7-5-3-4-6-8(7)2/h7-8H,3-6H2,1-2H3;3-6H2,1-2H3. The molecule has 0 aromatic heterocycles. The SMILES string of the molecule is CC1=C(C)CCCC1.CC1CCCCC1C. The summed E-state index contributed by atoms with van der Waals surface area (Å²) < 4.78 is 0. The Morgan fingerprint density at radius 3 is 1.31 bits per heavy atom. The van der Waals surface area contributed by atoms with Gasteiger partial charge in [0.2, 0.25) is 0 Å². The van der Waals surface area contributed by atoms with Gasteiger partial charge in [0, 0.05) is 0 Å². The molecule has 2 aliphatic carbocycles. The fourth-order valence-electron chi connectivity index (χ4n) is 2.71. The molecule has 0 aromatic rings. The third-order valence-electron chi connectivity index (χ3n) is 4.62. The molecule has 0 heterocycles. The van der Waals surface area contributed by atoms with Gasteiger partial charge in [-0.05, 0) is 51.4 Å². The van der Waals surface area contributed by atoms with Gasteiger partial charge in [-0.25, -0.2) is 0 Å². The van der Waals surface area contributed by atoms with Crippen molar-refractivity contribution in [1.29, 1.82) is 0 Å². The molecule has 0 bridgehead atoms. The Kier molecular flexibility index (Phi) is 6.16. The van der Waals surface area contributed by atoms with E-state index in [9.17, 15) is 0 Å². The number of rotatable bonds is 0. The summed E-state index contributed by atoms with van der Waals surface area (Å²) in [7, 11) is 0. The Labute approximate surface area is 103 Å². The molecule has 0 heteroatoms. The van der Waals surface area contributed by atoms with E-state index in [4.69, 9.17) is 0 Å². The molecule has 0 amide bonds.